The summed E-state index contributed by atoms with van der Waals surface area (Å²) in [6.07, 6.45) is 0. The maximum Gasteiger partial charge on any atom is 0.252 e. The summed E-state index contributed by atoms with van der Waals surface area (Å²) in [5.41, 5.74) is 4.27. The van der Waals surface area contributed by atoms with Gasteiger partial charge >= 0.3 is 0 Å². The molecule has 1 aromatic heterocycles. The van der Waals surface area contributed by atoms with Crippen LogP contribution in [0.4, 0.5) is 0 Å². The molecule has 0 unspecified atom stereocenters. The summed E-state index contributed by atoms with van der Waals surface area (Å²) >= 11 is 18.9. The number of benzene rings is 4. The molecule has 0 saturated carbocycles. The van der Waals surface area contributed by atoms with Crippen LogP contribution in [0.25, 0.3) is 22.2 Å². The summed E-state index contributed by atoms with van der Waals surface area (Å²) in [6.45, 7) is 0. The average Bonchev–Trinajstić information content (AvgIpc) is 2.90. The number of amides is 1. The van der Waals surface area contributed by atoms with Gasteiger partial charge in [0.2, 0.25) is 0 Å². The number of nitrogens with zero attached hydrogens (tertiary/aromatic N) is 1. The van der Waals surface area contributed by atoms with Gasteiger partial charge in [-0.3, -0.25) is 4.79 Å². The monoisotopic (exact) mass is 516 g/mol. The number of aromatic nitrogens is 1. The molecule has 3 nitrogen and oxygen atoms in total. The first-order valence-electron chi connectivity index (χ1n) is 11.0. The van der Waals surface area contributed by atoms with Crippen LogP contribution in [0.1, 0.15) is 27.5 Å². The van der Waals surface area contributed by atoms with Crippen LogP contribution in [-0.4, -0.2) is 10.9 Å². The molecule has 0 fully saturated rings. The van der Waals surface area contributed by atoms with Crippen LogP contribution in [-0.2, 0) is 0 Å². The largest absolute Gasteiger partial charge is 0.341 e. The van der Waals surface area contributed by atoms with E-state index in [-0.39, 0.29) is 17.0 Å². The second-order valence-corrected chi connectivity index (χ2v) is 9.19. The van der Waals surface area contributed by atoms with Crippen molar-refractivity contribution < 1.29 is 4.79 Å². The molecule has 4 aromatic carbocycles. The molecular formula is C29H19Cl3N2O. The Balaban J connectivity index is 1.62. The Hall–Kier alpha value is -3.37. The molecule has 0 radical (unpaired) electrons. The molecule has 1 N–H and O–H groups in total. The number of fused-ring (bicyclic) bond motifs is 1. The Morgan fingerprint density at radius 1 is 0.714 bits per heavy atom. The van der Waals surface area contributed by atoms with Crippen LogP contribution in [0.3, 0.4) is 0 Å². The fourth-order valence-corrected chi connectivity index (χ4v) is 4.72. The van der Waals surface area contributed by atoms with Gasteiger partial charge in [-0.2, -0.15) is 0 Å². The minimum Gasteiger partial charge on any atom is -0.341 e. The van der Waals surface area contributed by atoms with E-state index in [2.05, 4.69) is 5.32 Å². The molecule has 0 atom stereocenters. The van der Waals surface area contributed by atoms with Crippen LogP contribution in [0.15, 0.2) is 103 Å². The molecule has 0 aliphatic carbocycles. The number of rotatable bonds is 5. The highest BCUT2D eigenvalue weighted by molar-refractivity contribution is 6.49. The number of pyridine rings is 1. The molecule has 0 aliphatic heterocycles. The van der Waals surface area contributed by atoms with Gasteiger partial charge < -0.3 is 5.32 Å². The Bertz CT molecular complexity index is 1480. The van der Waals surface area contributed by atoms with Crippen LogP contribution in [0, 0.1) is 0 Å². The number of nitrogens with one attached hydrogen (secondary N) is 1. The fourth-order valence-electron chi connectivity index (χ4n) is 4.08. The molecule has 0 saturated heterocycles. The molecule has 6 heteroatoms. The highest BCUT2D eigenvalue weighted by atomic mass is 35.5. The summed E-state index contributed by atoms with van der Waals surface area (Å²) in [4.78, 5) is 18.5. The van der Waals surface area contributed by atoms with E-state index in [1.165, 1.54) is 0 Å². The van der Waals surface area contributed by atoms with Crippen molar-refractivity contribution in [2.24, 2.45) is 0 Å². The van der Waals surface area contributed by atoms with Crippen molar-refractivity contribution in [2.75, 3.05) is 0 Å². The summed E-state index contributed by atoms with van der Waals surface area (Å²) < 4.78 is 0. The van der Waals surface area contributed by atoms with E-state index >= 15 is 0 Å². The fraction of sp³-hybridized carbons (Fsp3) is 0.0345. The van der Waals surface area contributed by atoms with Crippen molar-refractivity contribution in [3.05, 3.63) is 135 Å². The van der Waals surface area contributed by atoms with Crippen molar-refractivity contribution in [1.82, 2.24) is 10.3 Å². The molecule has 1 heterocycles. The maximum atomic E-state index is 13.8. The van der Waals surface area contributed by atoms with E-state index in [0.29, 0.717) is 32.4 Å². The Morgan fingerprint density at radius 2 is 1.31 bits per heavy atom. The second-order valence-electron chi connectivity index (χ2n) is 8.02. The number of carbonyl (C=O) groups is 1. The molecule has 1 amide bonds. The SMILES string of the molecule is O=C(NC(c1ccccc1)c1ccccc1)c1cc(-c2ccc(Cl)c(Cl)c2Cl)nc2ccccc12. The molecular weight excluding hydrogens is 499 g/mol. The molecule has 172 valence electrons. The first kappa shape index (κ1) is 23.4. The second kappa shape index (κ2) is 10.1. The van der Waals surface area contributed by atoms with Crippen molar-refractivity contribution in [3.8, 4) is 11.3 Å². The van der Waals surface area contributed by atoms with Crippen molar-refractivity contribution >= 4 is 51.6 Å². The molecule has 0 aliphatic rings. The summed E-state index contributed by atoms with van der Waals surface area (Å²) in [5, 5.41) is 4.86. The van der Waals surface area contributed by atoms with E-state index < -0.39 is 0 Å². The zero-order valence-corrected chi connectivity index (χ0v) is 20.6. The topological polar surface area (TPSA) is 42.0 Å². The van der Waals surface area contributed by atoms with Gasteiger partial charge in [0.25, 0.3) is 5.91 Å². The number of halogens is 3. The molecule has 0 spiro atoms. The molecule has 0 bridgehead atoms. The maximum absolute atomic E-state index is 13.8. The number of hydrogen-bond acceptors (Lipinski definition) is 2. The first-order chi connectivity index (χ1) is 17.0. The zero-order chi connectivity index (χ0) is 24.4. The van der Waals surface area contributed by atoms with Crippen LogP contribution < -0.4 is 5.32 Å². The number of para-hydroxylation sites is 1. The quantitative estimate of drug-likeness (QED) is 0.238. The molecule has 5 rings (SSSR count). The lowest BCUT2D eigenvalue weighted by Gasteiger charge is -2.21. The Kier molecular flexibility index (Phi) is 6.74. The average molecular weight is 518 g/mol. The lowest BCUT2D eigenvalue weighted by Crippen LogP contribution is -2.29. The van der Waals surface area contributed by atoms with Gasteiger partial charge in [0.15, 0.2) is 0 Å². The lowest BCUT2D eigenvalue weighted by atomic mass is 9.97. The minimum atomic E-state index is -0.325. The minimum absolute atomic E-state index is 0.223. The van der Waals surface area contributed by atoms with E-state index in [0.717, 1.165) is 16.5 Å². The van der Waals surface area contributed by atoms with Gasteiger partial charge in [-0.1, -0.05) is 114 Å². The highest BCUT2D eigenvalue weighted by Crippen LogP contribution is 2.38. The number of hydrogen-bond donors (Lipinski definition) is 1. The first-order valence-corrected chi connectivity index (χ1v) is 12.1. The van der Waals surface area contributed by atoms with E-state index in [4.69, 9.17) is 39.8 Å². The zero-order valence-electron chi connectivity index (χ0n) is 18.4. The highest BCUT2D eigenvalue weighted by Gasteiger charge is 2.21. The summed E-state index contributed by atoms with van der Waals surface area (Å²) in [7, 11) is 0. The third-order valence-corrected chi connectivity index (χ3v) is 7.11. The summed E-state index contributed by atoms with van der Waals surface area (Å²) in [5.74, 6) is -0.223. The molecule has 5 aromatic rings. The smallest absolute Gasteiger partial charge is 0.252 e. The Morgan fingerprint density at radius 3 is 1.97 bits per heavy atom. The van der Waals surface area contributed by atoms with Gasteiger partial charge in [-0.15, -0.1) is 0 Å². The normalized spacial score (nSPS) is 11.1. The van der Waals surface area contributed by atoms with E-state index in [1.807, 2.05) is 84.9 Å². The van der Waals surface area contributed by atoms with Crippen molar-refractivity contribution in [3.63, 3.8) is 0 Å². The predicted octanol–water partition coefficient (Wildman–Crippen LogP) is 8.38. The van der Waals surface area contributed by atoms with Gasteiger partial charge in [0, 0.05) is 10.9 Å². The van der Waals surface area contributed by atoms with E-state index in [9.17, 15) is 4.79 Å². The third-order valence-electron chi connectivity index (χ3n) is 5.81. The van der Waals surface area contributed by atoms with E-state index in [1.54, 1.807) is 18.2 Å². The van der Waals surface area contributed by atoms with Crippen molar-refractivity contribution in [2.45, 2.75) is 6.04 Å². The lowest BCUT2D eigenvalue weighted by molar-refractivity contribution is 0.0944. The summed E-state index contributed by atoms with van der Waals surface area (Å²) in [6, 6.07) is 32.1. The van der Waals surface area contributed by atoms with Gasteiger partial charge in [0.05, 0.1) is 37.9 Å². The van der Waals surface area contributed by atoms with Crippen LogP contribution >= 0.6 is 34.8 Å². The van der Waals surface area contributed by atoms with Crippen LogP contribution in [0.5, 0.6) is 0 Å². The van der Waals surface area contributed by atoms with Gasteiger partial charge in [-0.25, -0.2) is 4.98 Å². The Labute approximate surface area is 218 Å². The van der Waals surface area contributed by atoms with Gasteiger partial charge in [0.1, 0.15) is 0 Å². The predicted molar refractivity (Wildman–Crippen MR) is 144 cm³/mol. The van der Waals surface area contributed by atoms with Gasteiger partial charge in [-0.05, 0) is 35.4 Å². The third kappa shape index (κ3) is 4.76. The standard InChI is InChI=1S/C29H19Cl3N2O/c30-23-16-15-21(26(31)27(23)32)25-17-22(20-13-7-8-14-24(20)33-25)29(35)34-28(18-9-3-1-4-10-18)19-11-5-2-6-12-19/h1-17,28H,(H,34,35). The number of carbonyl (C=O) groups excluding carboxylic acids is 1. The van der Waals surface area contributed by atoms with Crippen molar-refractivity contribution in [1.29, 1.82) is 0 Å². The van der Waals surface area contributed by atoms with Crippen LogP contribution in [0.2, 0.25) is 15.1 Å². The molecule has 35 heavy (non-hydrogen) atoms.